The quantitative estimate of drug-likeness (QED) is 0.653. The van der Waals surface area contributed by atoms with Gasteiger partial charge in [0, 0.05) is 5.39 Å². The molecule has 1 atom stereocenters. The number of fused-ring (bicyclic) bond motifs is 1. The zero-order valence-electron chi connectivity index (χ0n) is 16.2. The van der Waals surface area contributed by atoms with Crippen molar-refractivity contribution in [3.05, 3.63) is 70.1 Å². The van der Waals surface area contributed by atoms with Gasteiger partial charge in [0.25, 0.3) is 11.5 Å². The van der Waals surface area contributed by atoms with Crippen LogP contribution < -0.4 is 20.3 Å². The van der Waals surface area contributed by atoms with E-state index in [1.165, 1.54) is 0 Å². The van der Waals surface area contributed by atoms with Crippen LogP contribution in [0.25, 0.3) is 10.8 Å². The molecule has 1 unspecified atom stereocenters. The summed E-state index contributed by atoms with van der Waals surface area (Å²) in [5.41, 5.74) is 0.825. The van der Waals surface area contributed by atoms with E-state index in [0.717, 1.165) is 10.9 Å². The average Bonchev–Trinajstić information content (AvgIpc) is 2.69. The Labute approximate surface area is 163 Å². The molecule has 6 nitrogen and oxygen atoms in total. The Morgan fingerprint density at radius 2 is 1.75 bits per heavy atom. The molecule has 1 aromatic heterocycles. The van der Waals surface area contributed by atoms with Crippen LogP contribution in [0.2, 0.25) is 0 Å². The smallest absolute Gasteiger partial charge is 0.268 e. The standard InChI is InChI=1S/C22H24N2O4/c1-4-27-19-11-10-15(13-20(19)28-5-2)14(3)23-22(26)18-12-16-8-6-7-9-17(16)21(25)24-18/h6-14H,4-5H2,1-3H3,(H,23,26)(H,24,25). The molecule has 1 heterocycles. The van der Waals surface area contributed by atoms with Crippen molar-refractivity contribution in [3.8, 4) is 11.5 Å². The molecule has 0 aliphatic heterocycles. The van der Waals surface area contributed by atoms with Gasteiger partial charge in [-0.1, -0.05) is 24.3 Å². The van der Waals surface area contributed by atoms with Crippen molar-refractivity contribution < 1.29 is 14.3 Å². The maximum Gasteiger partial charge on any atom is 0.268 e. The van der Waals surface area contributed by atoms with E-state index in [4.69, 9.17) is 9.47 Å². The van der Waals surface area contributed by atoms with Gasteiger partial charge in [0.1, 0.15) is 5.69 Å². The maximum absolute atomic E-state index is 12.7. The van der Waals surface area contributed by atoms with Crippen LogP contribution in [0.3, 0.4) is 0 Å². The molecule has 0 aliphatic carbocycles. The van der Waals surface area contributed by atoms with Crippen LogP contribution in [0, 0.1) is 0 Å². The molecule has 6 heteroatoms. The average molecular weight is 380 g/mol. The number of aromatic nitrogens is 1. The zero-order chi connectivity index (χ0) is 20.1. The van der Waals surface area contributed by atoms with Crippen molar-refractivity contribution in [1.29, 1.82) is 0 Å². The molecule has 28 heavy (non-hydrogen) atoms. The number of ether oxygens (including phenoxy) is 2. The number of nitrogens with one attached hydrogen (secondary N) is 2. The van der Waals surface area contributed by atoms with E-state index in [2.05, 4.69) is 10.3 Å². The highest BCUT2D eigenvalue weighted by molar-refractivity contribution is 5.96. The third-order valence-corrected chi connectivity index (χ3v) is 4.41. The summed E-state index contributed by atoms with van der Waals surface area (Å²) >= 11 is 0. The molecule has 1 amide bonds. The van der Waals surface area contributed by atoms with E-state index in [-0.39, 0.29) is 23.2 Å². The zero-order valence-corrected chi connectivity index (χ0v) is 16.2. The number of pyridine rings is 1. The van der Waals surface area contributed by atoms with E-state index in [1.807, 2.05) is 51.1 Å². The molecule has 0 aliphatic rings. The lowest BCUT2D eigenvalue weighted by molar-refractivity contribution is 0.0934. The van der Waals surface area contributed by atoms with Gasteiger partial charge in [-0.3, -0.25) is 9.59 Å². The monoisotopic (exact) mass is 380 g/mol. The molecule has 2 N–H and O–H groups in total. The van der Waals surface area contributed by atoms with Gasteiger partial charge in [-0.05, 0) is 56.0 Å². The number of hydrogen-bond donors (Lipinski definition) is 2. The van der Waals surface area contributed by atoms with Crippen molar-refractivity contribution in [2.75, 3.05) is 13.2 Å². The van der Waals surface area contributed by atoms with Crippen molar-refractivity contribution in [2.45, 2.75) is 26.8 Å². The first-order chi connectivity index (χ1) is 13.5. The number of aromatic amines is 1. The SMILES string of the molecule is CCOc1ccc(C(C)NC(=O)c2cc3ccccc3c(=O)[nH]2)cc1OCC. The minimum Gasteiger partial charge on any atom is -0.490 e. The molecule has 0 bridgehead atoms. The minimum absolute atomic E-state index is 0.228. The van der Waals surface area contributed by atoms with Gasteiger partial charge < -0.3 is 19.8 Å². The summed E-state index contributed by atoms with van der Waals surface area (Å²) in [7, 11) is 0. The van der Waals surface area contributed by atoms with Crippen LogP contribution in [0.1, 0.15) is 42.9 Å². The van der Waals surface area contributed by atoms with Gasteiger partial charge >= 0.3 is 0 Å². The third kappa shape index (κ3) is 4.17. The molecule has 0 spiro atoms. The van der Waals surface area contributed by atoms with Gasteiger partial charge in [-0.2, -0.15) is 0 Å². The van der Waals surface area contributed by atoms with Crippen LogP contribution in [-0.4, -0.2) is 24.1 Å². The fourth-order valence-corrected chi connectivity index (χ4v) is 3.03. The van der Waals surface area contributed by atoms with Crippen LogP contribution in [0.15, 0.2) is 53.3 Å². The normalized spacial score (nSPS) is 11.8. The lowest BCUT2D eigenvalue weighted by Crippen LogP contribution is -2.29. The molecule has 3 aromatic rings. The van der Waals surface area contributed by atoms with Crippen LogP contribution in [-0.2, 0) is 0 Å². The van der Waals surface area contributed by atoms with Crippen LogP contribution in [0.4, 0.5) is 0 Å². The predicted octanol–water partition coefficient (Wildman–Crippen LogP) is 3.82. The summed E-state index contributed by atoms with van der Waals surface area (Å²) in [4.78, 5) is 27.5. The summed E-state index contributed by atoms with van der Waals surface area (Å²) in [6.45, 7) is 6.76. The second kappa shape index (κ2) is 8.61. The number of hydrogen-bond acceptors (Lipinski definition) is 4. The van der Waals surface area contributed by atoms with E-state index in [9.17, 15) is 9.59 Å². The van der Waals surface area contributed by atoms with Gasteiger partial charge in [0.15, 0.2) is 11.5 Å². The van der Waals surface area contributed by atoms with Gasteiger partial charge in [0.2, 0.25) is 0 Å². The Balaban J connectivity index is 1.82. The van der Waals surface area contributed by atoms with Gasteiger partial charge in [-0.25, -0.2) is 0 Å². The van der Waals surface area contributed by atoms with Crippen molar-refractivity contribution >= 4 is 16.7 Å². The molecule has 3 rings (SSSR count). The second-order valence-corrected chi connectivity index (χ2v) is 6.37. The number of carbonyl (C=O) groups excluding carboxylic acids is 1. The van der Waals surface area contributed by atoms with Gasteiger partial charge in [0.05, 0.1) is 19.3 Å². The second-order valence-electron chi connectivity index (χ2n) is 6.37. The highest BCUT2D eigenvalue weighted by Crippen LogP contribution is 2.30. The lowest BCUT2D eigenvalue weighted by atomic mass is 10.1. The van der Waals surface area contributed by atoms with E-state index in [1.54, 1.807) is 18.2 Å². The van der Waals surface area contributed by atoms with Crippen LogP contribution in [0.5, 0.6) is 11.5 Å². The molecular formula is C22H24N2O4. The Kier molecular flexibility index (Phi) is 5.99. The Hall–Kier alpha value is -3.28. The summed E-state index contributed by atoms with van der Waals surface area (Å²) in [6.07, 6.45) is 0. The molecular weight excluding hydrogens is 356 g/mol. The molecule has 146 valence electrons. The highest BCUT2D eigenvalue weighted by atomic mass is 16.5. The topological polar surface area (TPSA) is 80.4 Å². The fourth-order valence-electron chi connectivity index (χ4n) is 3.03. The Morgan fingerprint density at radius 1 is 1.04 bits per heavy atom. The predicted molar refractivity (Wildman–Crippen MR) is 109 cm³/mol. The molecule has 0 saturated carbocycles. The summed E-state index contributed by atoms with van der Waals surface area (Å²) in [5, 5.41) is 4.20. The summed E-state index contributed by atoms with van der Waals surface area (Å²) < 4.78 is 11.2. The largest absolute Gasteiger partial charge is 0.490 e. The van der Waals surface area contributed by atoms with Gasteiger partial charge in [-0.15, -0.1) is 0 Å². The molecule has 0 fully saturated rings. The Morgan fingerprint density at radius 3 is 2.50 bits per heavy atom. The first-order valence-corrected chi connectivity index (χ1v) is 9.36. The van der Waals surface area contributed by atoms with E-state index in [0.29, 0.717) is 30.1 Å². The van der Waals surface area contributed by atoms with Crippen LogP contribution >= 0.6 is 0 Å². The number of H-pyrrole nitrogens is 1. The first-order valence-electron chi connectivity index (χ1n) is 9.36. The number of benzene rings is 2. The van der Waals surface area contributed by atoms with Crippen molar-refractivity contribution in [3.63, 3.8) is 0 Å². The molecule has 0 radical (unpaired) electrons. The summed E-state index contributed by atoms with van der Waals surface area (Å²) in [6, 6.07) is 14.2. The minimum atomic E-state index is -0.345. The lowest BCUT2D eigenvalue weighted by Gasteiger charge is -2.17. The molecule has 2 aromatic carbocycles. The van der Waals surface area contributed by atoms with E-state index >= 15 is 0 Å². The Bertz CT molecular complexity index is 1040. The summed E-state index contributed by atoms with van der Waals surface area (Å²) in [5.74, 6) is 0.967. The molecule has 0 saturated heterocycles. The highest BCUT2D eigenvalue weighted by Gasteiger charge is 2.16. The van der Waals surface area contributed by atoms with Crippen molar-refractivity contribution in [1.82, 2.24) is 10.3 Å². The number of carbonyl (C=O) groups is 1. The van der Waals surface area contributed by atoms with E-state index < -0.39 is 0 Å². The third-order valence-electron chi connectivity index (χ3n) is 4.41. The maximum atomic E-state index is 12.7. The first kappa shape index (κ1) is 19.5. The number of rotatable bonds is 7. The van der Waals surface area contributed by atoms with Crippen molar-refractivity contribution in [2.24, 2.45) is 0 Å². The fraction of sp³-hybridized carbons (Fsp3) is 0.273. The number of amides is 1.